The number of hydrogen-bond acceptors (Lipinski definition) is 4. The fourth-order valence-corrected chi connectivity index (χ4v) is 3.14. The molecule has 0 saturated heterocycles. The summed E-state index contributed by atoms with van der Waals surface area (Å²) in [6, 6.07) is 2.15. The van der Waals surface area contributed by atoms with Gasteiger partial charge >= 0.3 is 0 Å². The first-order chi connectivity index (χ1) is 9.25. The third-order valence-electron chi connectivity index (χ3n) is 3.75. The van der Waals surface area contributed by atoms with Crippen molar-refractivity contribution in [1.29, 1.82) is 0 Å². The zero-order chi connectivity index (χ0) is 13.0. The lowest BCUT2D eigenvalue weighted by Gasteiger charge is -2.22. The molecular weight excluding hydrogens is 264 g/mol. The molecule has 4 rings (SSSR count). The van der Waals surface area contributed by atoms with Crippen LogP contribution in [-0.2, 0) is 6.54 Å². The third kappa shape index (κ3) is 1.53. The van der Waals surface area contributed by atoms with Crippen LogP contribution in [0.3, 0.4) is 0 Å². The molecule has 0 unspecified atom stereocenters. The van der Waals surface area contributed by atoms with E-state index in [2.05, 4.69) is 17.2 Å². The van der Waals surface area contributed by atoms with E-state index in [0.717, 1.165) is 23.2 Å². The van der Waals surface area contributed by atoms with E-state index >= 15 is 0 Å². The standard InChI is InChI=1S/C14H13ClN2O2/c1-7-11-8(5-16-7)6-17-10-4-9(15)13-14(12(10)11)19-3-2-18-13/h4,6-7,16H,2-3,5H2,1H3/t7-/m0/s1. The highest BCUT2D eigenvalue weighted by Crippen LogP contribution is 2.46. The van der Waals surface area contributed by atoms with Gasteiger partial charge in [0.25, 0.3) is 0 Å². The van der Waals surface area contributed by atoms with Crippen molar-refractivity contribution in [2.24, 2.45) is 0 Å². The Kier molecular flexibility index (Phi) is 2.37. The molecule has 19 heavy (non-hydrogen) atoms. The van der Waals surface area contributed by atoms with Crippen molar-refractivity contribution < 1.29 is 9.47 Å². The maximum atomic E-state index is 6.25. The van der Waals surface area contributed by atoms with Gasteiger partial charge in [0.1, 0.15) is 13.2 Å². The summed E-state index contributed by atoms with van der Waals surface area (Å²) in [6.45, 7) is 4.08. The topological polar surface area (TPSA) is 43.4 Å². The lowest BCUT2D eigenvalue weighted by molar-refractivity contribution is 0.174. The van der Waals surface area contributed by atoms with E-state index in [4.69, 9.17) is 21.1 Å². The predicted octanol–water partition coefficient (Wildman–Crippen LogP) is 2.82. The highest BCUT2D eigenvalue weighted by molar-refractivity contribution is 6.33. The fourth-order valence-electron chi connectivity index (χ4n) is 2.90. The first kappa shape index (κ1) is 11.3. The molecule has 1 atom stereocenters. The molecule has 4 nitrogen and oxygen atoms in total. The molecule has 2 aromatic rings. The van der Waals surface area contributed by atoms with Crippen molar-refractivity contribution in [3.8, 4) is 11.5 Å². The average Bonchev–Trinajstić information content (AvgIpc) is 2.81. The van der Waals surface area contributed by atoms with Gasteiger partial charge in [0.05, 0.1) is 15.9 Å². The van der Waals surface area contributed by atoms with Crippen molar-refractivity contribution in [3.05, 3.63) is 28.4 Å². The molecule has 3 heterocycles. The largest absolute Gasteiger partial charge is 0.485 e. The van der Waals surface area contributed by atoms with Crippen LogP contribution in [0.2, 0.25) is 5.02 Å². The summed E-state index contributed by atoms with van der Waals surface area (Å²) in [5.41, 5.74) is 3.34. The Morgan fingerprint density at radius 3 is 2.95 bits per heavy atom. The molecule has 5 heteroatoms. The van der Waals surface area contributed by atoms with Gasteiger partial charge in [-0.05, 0) is 24.1 Å². The molecule has 0 amide bonds. The van der Waals surface area contributed by atoms with Gasteiger partial charge in [0, 0.05) is 18.8 Å². The summed E-state index contributed by atoms with van der Waals surface area (Å²) in [7, 11) is 0. The van der Waals surface area contributed by atoms with E-state index in [9.17, 15) is 0 Å². The van der Waals surface area contributed by atoms with Crippen LogP contribution in [0.25, 0.3) is 10.9 Å². The molecule has 1 aromatic heterocycles. The second-order valence-electron chi connectivity index (χ2n) is 4.91. The zero-order valence-electron chi connectivity index (χ0n) is 10.5. The summed E-state index contributed by atoms with van der Waals surface area (Å²) in [4.78, 5) is 4.50. The minimum atomic E-state index is 0.288. The number of aromatic nitrogens is 1. The van der Waals surface area contributed by atoms with Gasteiger partial charge in [0.2, 0.25) is 0 Å². The van der Waals surface area contributed by atoms with Crippen LogP contribution in [0.1, 0.15) is 24.1 Å². The highest BCUT2D eigenvalue weighted by atomic mass is 35.5. The summed E-state index contributed by atoms with van der Waals surface area (Å²) in [5, 5.41) is 5.03. The first-order valence-electron chi connectivity index (χ1n) is 6.38. The van der Waals surface area contributed by atoms with Crippen molar-refractivity contribution in [3.63, 3.8) is 0 Å². The summed E-state index contributed by atoms with van der Waals surface area (Å²) in [6.07, 6.45) is 1.92. The number of halogens is 1. The normalized spacial score (nSPS) is 20.6. The Morgan fingerprint density at radius 1 is 1.32 bits per heavy atom. The van der Waals surface area contributed by atoms with E-state index < -0.39 is 0 Å². The van der Waals surface area contributed by atoms with E-state index in [0.29, 0.717) is 24.0 Å². The average molecular weight is 277 g/mol. The van der Waals surface area contributed by atoms with E-state index in [1.807, 2.05) is 12.3 Å². The van der Waals surface area contributed by atoms with Gasteiger partial charge < -0.3 is 14.8 Å². The van der Waals surface area contributed by atoms with Crippen LogP contribution < -0.4 is 14.8 Å². The summed E-state index contributed by atoms with van der Waals surface area (Å²) < 4.78 is 11.5. The number of pyridine rings is 1. The number of benzene rings is 1. The molecule has 1 N–H and O–H groups in total. The molecular formula is C14H13ClN2O2. The maximum Gasteiger partial charge on any atom is 0.180 e. The molecule has 2 aliphatic heterocycles. The second kappa shape index (κ2) is 3.99. The van der Waals surface area contributed by atoms with Crippen LogP contribution >= 0.6 is 11.6 Å². The number of rotatable bonds is 0. The second-order valence-corrected chi connectivity index (χ2v) is 5.31. The summed E-state index contributed by atoms with van der Waals surface area (Å²) >= 11 is 6.25. The van der Waals surface area contributed by atoms with E-state index in [1.54, 1.807) is 0 Å². The van der Waals surface area contributed by atoms with E-state index in [-0.39, 0.29) is 6.04 Å². The molecule has 2 aliphatic rings. The molecule has 0 bridgehead atoms. The number of hydrogen-bond donors (Lipinski definition) is 1. The Bertz CT molecular complexity index is 687. The SMILES string of the molecule is C[C@@H]1NCc2cnc3cc(Cl)c4c(c3c21)OCCO4. The van der Waals surface area contributed by atoms with E-state index in [1.165, 1.54) is 11.1 Å². The maximum absolute atomic E-state index is 6.25. The Labute approximate surface area is 115 Å². The Hall–Kier alpha value is -1.52. The molecule has 0 fully saturated rings. The zero-order valence-corrected chi connectivity index (χ0v) is 11.3. The van der Waals surface area contributed by atoms with Crippen LogP contribution in [0.4, 0.5) is 0 Å². The third-order valence-corrected chi connectivity index (χ3v) is 4.03. The highest BCUT2D eigenvalue weighted by Gasteiger charge is 2.27. The molecule has 0 aliphatic carbocycles. The minimum absolute atomic E-state index is 0.288. The fraction of sp³-hybridized carbons (Fsp3) is 0.357. The lowest BCUT2D eigenvalue weighted by Crippen LogP contribution is -2.16. The quantitative estimate of drug-likeness (QED) is 0.804. The molecule has 1 aromatic carbocycles. The first-order valence-corrected chi connectivity index (χ1v) is 6.76. The van der Waals surface area contributed by atoms with Gasteiger partial charge in [-0.15, -0.1) is 0 Å². The van der Waals surface area contributed by atoms with Gasteiger partial charge in [-0.2, -0.15) is 0 Å². The number of fused-ring (bicyclic) bond motifs is 5. The van der Waals surface area contributed by atoms with Gasteiger partial charge in [-0.25, -0.2) is 0 Å². The van der Waals surface area contributed by atoms with Crippen LogP contribution in [-0.4, -0.2) is 18.2 Å². The Morgan fingerprint density at radius 2 is 2.11 bits per heavy atom. The monoisotopic (exact) mass is 276 g/mol. The van der Waals surface area contributed by atoms with Crippen LogP contribution in [0.15, 0.2) is 12.3 Å². The van der Waals surface area contributed by atoms with Crippen molar-refractivity contribution in [2.75, 3.05) is 13.2 Å². The minimum Gasteiger partial charge on any atom is -0.485 e. The van der Waals surface area contributed by atoms with Gasteiger partial charge in [0.15, 0.2) is 11.5 Å². The smallest absolute Gasteiger partial charge is 0.180 e. The summed E-state index contributed by atoms with van der Waals surface area (Å²) in [5.74, 6) is 1.39. The van der Waals surface area contributed by atoms with Crippen LogP contribution in [0.5, 0.6) is 11.5 Å². The lowest BCUT2D eigenvalue weighted by atomic mass is 10.00. The van der Waals surface area contributed by atoms with Gasteiger partial charge in [-0.3, -0.25) is 4.98 Å². The van der Waals surface area contributed by atoms with Crippen molar-refractivity contribution >= 4 is 22.5 Å². The molecule has 98 valence electrons. The number of ether oxygens (including phenoxy) is 2. The predicted molar refractivity (Wildman–Crippen MR) is 73.0 cm³/mol. The number of nitrogens with zero attached hydrogens (tertiary/aromatic N) is 1. The van der Waals surface area contributed by atoms with Gasteiger partial charge in [-0.1, -0.05) is 11.6 Å². The molecule has 0 saturated carbocycles. The molecule has 0 spiro atoms. The van der Waals surface area contributed by atoms with Crippen molar-refractivity contribution in [1.82, 2.24) is 10.3 Å². The number of nitrogens with one attached hydrogen (secondary N) is 1. The Balaban J connectivity index is 2.13. The molecule has 0 radical (unpaired) electrons. The van der Waals surface area contributed by atoms with Crippen molar-refractivity contribution in [2.45, 2.75) is 19.5 Å². The van der Waals surface area contributed by atoms with Crippen LogP contribution in [0, 0.1) is 0 Å².